The van der Waals surface area contributed by atoms with Gasteiger partial charge < -0.3 is 5.32 Å². The molecule has 162 valence electrons. The van der Waals surface area contributed by atoms with Crippen LogP contribution in [-0.2, 0) is 10.0 Å². The van der Waals surface area contributed by atoms with Gasteiger partial charge in [-0.1, -0.05) is 47.5 Å². The number of nitrogens with one attached hydrogen (secondary N) is 1. The first-order valence-electron chi connectivity index (χ1n) is 10.1. The van der Waals surface area contributed by atoms with Gasteiger partial charge >= 0.3 is 0 Å². The first kappa shape index (κ1) is 22.6. The predicted octanol–water partition coefficient (Wildman–Crippen LogP) is 4.93. The van der Waals surface area contributed by atoms with Crippen molar-refractivity contribution in [3.63, 3.8) is 0 Å². The highest BCUT2D eigenvalue weighted by molar-refractivity contribution is 7.92. The molecular weight excluding hydrogens is 408 g/mol. The Bertz CT molecular complexity index is 1200. The molecule has 0 radical (unpaired) electrons. The van der Waals surface area contributed by atoms with Crippen molar-refractivity contribution < 1.29 is 13.2 Å². The summed E-state index contributed by atoms with van der Waals surface area (Å²) in [5, 5.41) is 3.02. The zero-order valence-corrected chi connectivity index (χ0v) is 19.3. The molecule has 3 aromatic carbocycles. The summed E-state index contributed by atoms with van der Waals surface area (Å²) in [6.07, 6.45) is 0. The fourth-order valence-corrected chi connectivity index (χ4v) is 4.62. The average molecular weight is 437 g/mol. The van der Waals surface area contributed by atoms with Crippen molar-refractivity contribution in [3.05, 3.63) is 94.5 Å². The summed E-state index contributed by atoms with van der Waals surface area (Å²) in [6.45, 7) is 7.88. The van der Waals surface area contributed by atoms with Crippen LogP contribution < -0.4 is 9.62 Å². The van der Waals surface area contributed by atoms with E-state index in [0.717, 1.165) is 22.3 Å². The number of hydrogen-bond acceptors (Lipinski definition) is 3. The number of benzene rings is 3. The SMILES string of the molecule is Cc1ccc(S(=O)(=O)N(C)c2cccc(C(=O)N[C@H](C)c3cc(C)ccc3C)c2)cc1. The highest BCUT2D eigenvalue weighted by Crippen LogP contribution is 2.24. The molecule has 1 amide bonds. The van der Waals surface area contributed by atoms with E-state index in [1.54, 1.807) is 48.5 Å². The molecule has 0 spiro atoms. The van der Waals surface area contributed by atoms with Gasteiger partial charge in [0.2, 0.25) is 0 Å². The van der Waals surface area contributed by atoms with E-state index in [-0.39, 0.29) is 16.8 Å². The third kappa shape index (κ3) is 4.97. The van der Waals surface area contributed by atoms with E-state index >= 15 is 0 Å². The topological polar surface area (TPSA) is 66.5 Å². The Kier molecular flexibility index (Phi) is 6.51. The van der Waals surface area contributed by atoms with E-state index in [1.807, 2.05) is 39.8 Å². The maximum absolute atomic E-state index is 13.0. The van der Waals surface area contributed by atoms with Gasteiger partial charge in [0.1, 0.15) is 0 Å². The van der Waals surface area contributed by atoms with Crippen molar-refractivity contribution in [2.75, 3.05) is 11.4 Å². The third-order valence-corrected chi connectivity index (χ3v) is 7.20. The number of sulfonamides is 1. The summed E-state index contributed by atoms with van der Waals surface area (Å²) in [7, 11) is -2.24. The van der Waals surface area contributed by atoms with Crippen LogP contribution in [0.4, 0.5) is 5.69 Å². The van der Waals surface area contributed by atoms with Gasteiger partial charge in [-0.3, -0.25) is 9.10 Å². The number of anilines is 1. The van der Waals surface area contributed by atoms with Gasteiger partial charge in [0.15, 0.2) is 0 Å². The van der Waals surface area contributed by atoms with Crippen LogP contribution >= 0.6 is 0 Å². The van der Waals surface area contributed by atoms with Crippen LogP contribution in [0, 0.1) is 20.8 Å². The van der Waals surface area contributed by atoms with Gasteiger partial charge in [0.25, 0.3) is 15.9 Å². The Morgan fingerprint density at radius 1 is 0.903 bits per heavy atom. The number of amides is 1. The molecule has 31 heavy (non-hydrogen) atoms. The van der Waals surface area contributed by atoms with E-state index in [2.05, 4.69) is 11.4 Å². The molecule has 5 nitrogen and oxygen atoms in total. The third-order valence-electron chi connectivity index (χ3n) is 5.40. The largest absolute Gasteiger partial charge is 0.346 e. The lowest BCUT2D eigenvalue weighted by molar-refractivity contribution is 0.0940. The van der Waals surface area contributed by atoms with E-state index in [9.17, 15) is 13.2 Å². The summed E-state index contributed by atoms with van der Waals surface area (Å²) in [6, 6.07) is 19.3. The summed E-state index contributed by atoms with van der Waals surface area (Å²) >= 11 is 0. The molecule has 3 aromatic rings. The molecule has 1 N–H and O–H groups in total. The second kappa shape index (κ2) is 8.94. The van der Waals surface area contributed by atoms with Crippen LogP contribution in [0.25, 0.3) is 0 Å². The average Bonchev–Trinajstić information content (AvgIpc) is 2.75. The summed E-state index contributed by atoms with van der Waals surface area (Å²) < 4.78 is 27.2. The maximum atomic E-state index is 13.0. The fraction of sp³-hybridized carbons (Fsp3) is 0.240. The van der Waals surface area contributed by atoms with Crippen molar-refractivity contribution in [2.24, 2.45) is 0 Å². The summed E-state index contributed by atoms with van der Waals surface area (Å²) in [5.74, 6) is -0.253. The minimum atomic E-state index is -3.73. The number of aryl methyl sites for hydroxylation is 3. The van der Waals surface area contributed by atoms with Gasteiger partial charge in [0, 0.05) is 12.6 Å². The molecule has 0 saturated heterocycles. The molecule has 6 heteroatoms. The highest BCUT2D eigenvalue weighted by Gasteiger charge is 2.22. The van der Waals surface area contributed by atoms with Crippen LogP contribution in [0.5, 0.6) is 0 Å². The predicted molar refractivity (Wildman–Crippen MR) is 125 cm³/mol. The molecule has 0 aliphatic carbocycles. The number of carbonyl (C=O) groups excluding carboxylic acids is 1. The number of hydrogen-bond donors (Lipinski definition) is 1. The van der Waals surface area contributed by atoms with Crippen molar-refractivity contribution in [2.45, 2.75) is 38.6 Å². The normalized spacial score (nSPS) is 12.3. The van der Waals surface area contributed by atoms with Crippen LogP contribution in [-0.4, -0.2) is 21.4 Å². The minimum absolute atomic E-state index is 0.176. The van der Waals surface area contributed by atoms with Crippen LogP contribution in [0.1, 0.15) is 45.6 Å². The van der Waals surface area contributed by atoms with E-state index in [1.165, 1.54) is 11.4 Å². The molecule has 3 rings (SSSR count). The lowest BCUT2D eigenvalue weighted by Crippen LogP contribution is -2.29. The zero-order valence-electron chi connectivity index (χ0n) is 18.5. The van der Waals surface area contributed by atoms with Gasteiger partial charge in [-0.25, -0.2) is 8.42 Å². The fourth-order valence-electron chi connectivity index (χ4n) is 3.43. The molecular formula is C25H28N2O3S. The number of rotatable bonds is 6. The minimum Gasteiger partial charge on any atom is -0.346 e. The second-order valence-corrected chi connectivity index (χ2v) is 9.86. The smallest absolute Gasteiger partial charge is 0.264 e. The first-order chi connectivity index (χ1) is 14.6. The van der Waals surface area contributed by atoms with E-state index < -0.39 is 10.0 Å². The lowest BCUT2D eigenvalue weighted by atomic mass is 9.99. The van der Waals surface area contributed by atoms with E-state index in [0.29, 0.717) is 11.3 Å². The van der Waals surface area contributed by atoms with Gasteiger partial charge in [0.05, 0.1) is 16.6 Å². The Hall–Kier alpha value is -3.12. The molecule has 0 saturated carbocycles. The number of nitrogens with zero attached hydrogens (tertiary/aromatic N) is 1. The highest BCUT2D eigenvalue weighted by atomic mass is 32.2. The molecule has 1 atom stereocenters. The van der Waals surface area contributed by atoms with Crippen LogP contribution in [0.15, 0.2) is 71.6 Å². The Balaban J connectivity index is 1.83. The van der Waals surface area contributed by atoms with Gasteiger partial charge in [-0.15, -0.1) is 0 Å². The Morgan fingerprint density at radius 3 is 2.23 bits per heavy atom. The zero-order chi connectivity index (χ0) is 22.8. The quantitative estimate of drug-likeness (QED) is 0.596. The van der Waals surface area contributed by atoms with Gasteiger partial charge in [-0.05, 0) is 69.2 Å². The second-order valence-electron chi connectivity index (χ2n) is 7.89. The summed E-state index contributed by atoms with van der Waals surface area (Å²) in [4.78, 5) is 13.1. The van der Waals surface area contributed by atoms with Crippen molar-refractivity contribution in [1.29, 1.82) is 0 Å². The maximum Gasteiger partial charge on any atom is 0.264 e. The molecule has 0 heterocycles. The standard InChI is InChI=1S/C25H28N2O3S/c1-17-10-13-23(14-11-17)31(29,30)27(5)22-8-6-7-21(16-22)25(28)26-20(4)24-15-18(2)9-12-19(24)3/h6-16,20H,1-5H3,(H,26,28)/t20-/m1/s1. The lowest BCUT2D eigenvalue weighted by Gasteiger charge is -2.21. The summed E-state index contributed by atoms with van der Waals surface area (Å²) in [5.41, 5.74) is 5.11. The Labute approximate surface area is 184 Å². The van der Waals surface area contributed by atoms with E-state index in [4.69, 9.17) is 0 Å². The first-order valence-corrected chi connectivity index (χ1v) is 11.6. The Morgan fingerprint density at radius 2 is 1.55 bits per heavy atom. The molecule has 0 unspecified atom stereocenters. The molecule has 0 bridgehead atoms. The number of carbonyl (C=O) groups is 1. The van der Waals surface area contributed by atoms with Crippen molar-refractivity contribution in [3.8, 4) is 0 Å². The van der Waals surface area contributed by atoms with Crippen LogP contribution in [0.3, 0.4) is 0 Å². The molecule has 0 aliphatic heterocycles. The molecule has 0 aliphatic rings. The monoisotopic (exact) mass is 436 g/mol. The van der Waals surface area contributed by atoms with Crippen molar-refractivity contribution in [1.82, 2.24) is 5.32 Å². The van der Waals surface area contributed by atoms with Gasteiger partial charge in [-0.2, -0.15) is 0 Å². The molecule has 0 aromatic heterocycles. The van der Waals surface area contributed by atoms with Crippen LogP contribution in [0.2, 0.25) is 0 Å². The molecule has 0 fully saturated rings. The van der Waals surface area contributed by atoms with Crippen molar-refractivity contribution >= 4 is 21.6 Å².